The van der Waals surface area contributed by atoms with Gasteiger partial charge in [0.2, 0.25) is 0 Å². The van der Waals surface area contributed by atoms with Crippen LogP contribution in [0.4, 0.5) is 16.2 Å². The van der Waals surface area contributed by atoms with Crippen molar-refractivity contribution in [1.82, 2.24) is 14.7 Å². The van der Waals surface area contributed by atoms with Crippen molar-refractivity contribution in [3.63, 3.8) is 0 Å². The predicted octanol–water partition coefficient (Wildman–Crippen LogP) is 4.23. The Hall–Kier alpha value is -4.33. The maximum atomic E-state index is 12.5. The molecule has 0 unspecified atom stereocenters. The van der Waals surface area contributed by atoms with Crippen LogP contribution in [-0.2, 0) is 6.61 Å². The number of hydrogen-bond acceptors (Lipinski definition) is 4. The van der Waals surface area contributed by atoms with E-state index in [9.17, 15) is 9.59 Å². The van der Waals surface area contributed by atoms with Gasteiger partial charge in [-0.15, -0.1) is 0 Å². The molecule has 0 aliphatic rings. The molecule has 0 aliphatic heterocycles. The summed E-state index contributed by atoms with van der Waals surface area (Å²) in [4.78, 5) is 28.4. The normalized spacial score (nSPS) is 10.6. The molecule has 0 radical (unpaired) electrons. The summed E-state index contributed by atoms with van der Waals surface area (Å²) >= 11 is 0. The Labute approximate surface area is 185 Å². The number of aryl methyl sites for hydroxylation is 1. The zero-order valence-corrected chi connectivity index (χ0v) is 17.8. The third kappa shape index (κ3) is 4.86. The number of carbonyl (C=O) groups is 2. The van der Waals surface area contributed by atoms with E-state index in [0.717, 1.165) is 16.9 Å². The highest BCUT2D eigenvalue weighted by atomic mass is 16.5. The van der Waals surface area contributed by atoms with Crippen LogP contribution >= 0.6 is 0 Å². The first-order valence-corrected chi connectivity index (χ1v) is 10.1. The quantitative estimate of drug-likeness (QED) is 0.427. The number of carbonyl (C=O) groups excluding carboxylic acids is 2. The number of rotatable bonds is 6. The van der Waals surface area contributed by atoms with E-state index in [-0.39, 0.29) is 11.9 Å². The Morgan fingerprint density at radius 2 is 1.66 bits per heavy atom. The molecule has 8 nitrogen and oxygen atoms in total. The molecule has 4 aromatic rings. The van der Waals surface area contributed by atoms with E-state index in [1.807, 2.05) is 35.9 Å². The van der Waals surface area contributed by atoms with Crippen molar-refractivity contribution in [2.24, 2.45) is 0 Å². The van der Waals surface area contributed by atoms with Crippen LogP contribution in [0.3, 0.4) is 0 Å². The van der Waals surface area contributed by atoms with Crippen LogP contribution in [0, 0.1) is 6.92 Å². The van der Waals surface area contributed by atoms with Crippen LogP contribution < -0.4 is 20.7 Å². The number of benzene rings is 2. The number of aromatic nitrogens is 2. The Morgan fingerprint density at radius 1 is 0.969 bits per heavy atom. The predicted molar refractivity (Wildman–Crippen MR) is 123 cm³/mol. The number of anilines is 2. The lowest BCUT2D eigenvalue weighted by Crippen LogP contribution is -2.24. The van der Waals surface area contributed by atoms with Crippen molar-refractivity contribution in [2.45, 2.75) is 13.5 Å². The molecule has 32 heavy (non-hydrogen) atoms. The number of hydrogen-bond donors (Lipinski definition) is 3. The maximum absolute atomic E-state index is 12.5. The Balaban J connectivity index is 1.33. The van der Waals surface area contributed by atoms with Crippen molar-refractivity contribution >= 4 is 29.0 Å². The fourth-order valence-corrected chi connectivity index (χ4v) is 3.17. The van der Waals surface area contributed by atoms with E-state index in [4.69, 9.17) is 4.74 Å². The number of urea groups is 1. The second kappa shape index (κ2) is 9.22. The van der Waals surface area contributed by atoms with E-state index in [1.54, 1.807) is 55.6 Å². The number of nitrogens with zero attached hydrogens (tertiary/aromatic N) is 2. The van der Waals surface area contributed by atoms with E-state index < -0.39 is 0 Å². The molecule has 2 aromatic heterocycles. The van der Waals surface area contributed by atoms with E-state index in [1.165, 1.54) is 0 Å². The molecular weight excluding hydrogens is 406 g/mol. The van der Waals surface area contributed by atoms with Gasteiger partial charge in [-0.3, -0.25) is 4.79 Å². The first-order chi connectivity index (χ1) is 15.5. The maximum Gasteiger partial charge on any atom is 0.318 e. The molecule has 2 aromatic carbocycles. The summed E-state index contributed by atoms with van der Waals surface area (Å²) < 4.78 is 7.80. The third-order valence-electron chi connectivity index (χ3n) is 4.86. The van der Waals surface area contributed by atoms with Gasteiger partial charge in [-0.05, 0) is 67.1 Å². The first kappa shape index (κ1) is 20.9. The summed E-state index contributed by atoms with van der Waals surface area (Å²) in [6, 6.07) is 17.5. The average Bonchev–Trinajstić information content (AvgIpc) is 3.24. The molecule has 0 atom stereocenters. The molecule has 8 heteroatoms. The number of pyridine rings is 1. The second-order valence-corrected chi connectivity index (χ2v) is 7.20. The zero-order chi connectivity index (χ0) is 22.5. The van der Waals surface area contributed by atoms with Crippen molar-refractivity contribution in [2.75, 3.05) is 17.7 Å². The summed E-state index contributed by atoms with van der Waals surface area (Å²) in [5.41, 5.74) is 4.61. The molecule has 0 spiro atoms. The summed E-state index contributed by atoms with van der Waals surface area (Å²) in [6.07, 6.45) is 3.90. The number of amides is 3. The van der Waals surface area contributed by atoms with Gasteiger partial charge in [-0.2, -0.15) is 0 Å². The highest BCUT2D eigenvalue weighted by molar-refractivity contribution is 6.04. The lowest BCUT2D eigenvalue weighted by atomic mass is 10.2. The van der Waals surface area contributed by atoms with Crippen molar-refractivity contribution in [1.29, 1.82) is 0 Å². The van der Waals surface area contributed by atoms with E-state index in [0.29, 0.717) is 29.3 Å². The van der Waals surface area contributed by atoms with Gasteiger partial charge in [0.1, 0.15) is 18.0 Å². The highest BCUT2D eigenvalue weighted by Gasteiger charge is 2.08. The standard InChI is InChI=1S/C24H23N5O3/c1-16-4-3-13-29-14-20(26-22(16)29)15-32-21-11-5-17(6-12-21)23(30)27-18-7-9-19(10-8-18)28-24(31)25-2/h3-14H,15H2,1-2H3,(H,27,30)(H2,25,28,31). The summed E-state index contributed by atoms with van der Waals surface area (Å²) in [5.74, 6) is 0.416. The first-order valence-electron chi connectivity index (χ1n) is 10.1. The molecule has 3 N–H and O–H groups in total. The lowest BCUT2D eigenvalue weighted by Gasteiger charge is -2.09. The lowest BCUT2D eigenvalue weighted by molar-refractivity contribution is 0.102. The van der Waals surface area contributed by atoms with Gasteiger partial charge in [-0.1, -0.05) is 6.07 Å². The zero-order valence-electron chi connectivity index (χ0n) is 17.8. The minimum absolute atomic E-state index is 0.237. The van der Waals surface area contributed by atoms with Gasteiger partial charge in [0.25, 0.3) is 5.91 Å². The van der Waals surface area contributed by atoms with Gasteiger partial charge in [-0.25, -0.2) is 9.78 Å². The Morgan fingerprint density at radius 3 is 2.31 bits per heavy atom. The van der Waals surface area contributed by atoms with Gasteiger partial charge < -0.3 is 25.1 Å². The van der Waals surface area contributed by atoms with E-state index in [2.05, 4.69) is 20.9 Å². The molecule has 2 heterocycles. The van der Waals surface area contributed by atoms with Gasteiger partial charge in [0, 0.05) is 36.4 Å². The molecule has 162 valence electrons. The number of fused-ring (bicyclic) bond motifs is 1. The number of ether oxygens (including phenoxy) is 1. The summed E-state index contributed by atoms with van der Waals surface area (Å²) in [5, 5.41) is 7.97. The van der Waals surface area contributed by atoms with Crippen molar-refractivity contribution in [3.05, 3.63) is 89.9 Å². The van der Waals surface area contributed by atoms with E-state index >= 15 is 0 Å². The molecule has 3 amide bonds. The van der Waals surface area contributed by atoms with Crippen molar-refractivity contribution in [3.8, 4) is 5.75 Å². The topological polar surface area (TPSA) is 96.8 Å². The Bertz CT molecular complexity index is 1250. The minimum Gasteiger partial charge on any atom is -0.487 e. The third-order valence-corrected chi connectivity index (χ3v) is 4.86. The summed E-state index contributed by atoms with van der Waals surface area (Å²) in [6.45, 7) is 2.36. The van der Waals surface area contributed by atoms with Gasteiger partial charge in [0.05, 0.1) is 5.69 Å². The van der Waals surface area contributed by atoms with Crippen LogP contribution in [0.25, 0.3) is 5.65 Å². The number of imidazole rings is 1. The summed E-state index contributed by atoms with van der Waals surface area (Å²) in [7, 11) is 1.54. The average molecular weight is 429 g/mol. The van der Waals surface area contributed by atoms with Gasteiger partial charge in [0.15, 0.2) is 0 Å². The highest BCUT2D eigenvalue weighted by Crippen LogP contribution is 2.18. The molecule has 0 bridgehead atoms. The molecule has 0 aliphatic carbocycles. The van der Waals surface area contributed by atoms with Crippen LogP contribution in [0.1, 0.15) is 21.6 Å². The smallest absolute Gasteiger partial charge is 0.318 e. The second-order valence-electron chi connectivity index (χ2n) is 7.20. The SMILES string of the molecule is CNC(=O)Nc1ccc(NC(=O)c2ccc(OCc3cn4cccc(C)c4n3)cc2)cc1. The molecular formula is C24H23N5O3. The van der Waals surface area contributed by atoms with Crippen LogP contribution in [0.15, 0.2) is 73.1 Å². The molecule has 0 fully saturated rings. The molecule has 0 saturated carbocycles. The minimum atomic E-state index is -0.305. The number of nitrogens with one attached hydrogen (secondary N) is 3. The fourth-order valence-electron chi connectivity index (χ4n) is 3.17. The van der Waals surface area contributed by atoms with Crippen LogP contribution in [0.5, 0.6) is 5.75 Å². The van der Waals surface area contributed by atoms with Crippen molar-refractivity contribution < 1.29 is 14.3 Å². The molecule has 0 saturated heterocycles. The largest absolute Gasteiger partial charge is 0.487 e. The monoisotopic (exact) mass is 429 g/mol. The van der Waals surface area contributed by atoms with Crippen LogP contribution in [-0.4, -0.2) is 28.4 Å². The van der Waals surface area contributed by atoms with Crippen LogP contribution in [0.2, 0.25) is 0 Å². The fraction of sp³-hybridized carbons (Fsp3) is 0.125. The Kier molecular flexibility index (Phi) is 6.03. The van der Waals surface area contributed by atoms with Gasteiger partial charge >= 0.3 is 6.03 Å². The molecule has 4 rings (SSSR count).